The molecule has 0 spiro atoms. The molecule has 2 aromatic carbocycles. The van der Waals surface area contributed by atoms with Crippen LogP contribution < -0.4 is 5.32 Å². The molecule has 0 fully saturated rings. The van der Waals surface area contributed by atoms with Crippen molar-refractivity contribution in [3.05, 3.63) is 77.2 Å². The smallest absolute Gasteiger partial charge is 0.291 e. The van der Waals surface area contributed by atoms with Crippen LogP contribution in [-0.4, -0.2) is 11.0 Å². The summed E-state index contributed by atoms with van der Waals surface area (Å²) >= 11 is 6.24. The van der Waals surface area contributed by atoms with Crippen molar-refractivity contribution in [1.82, 2.24) is 0 Å². The SMILES string of the molecule is O=C(Nc1ccc(Cl)c(-c2ccc(CO)o2)c1)c1cc2ccccc2o1. The Bertz CT molecular complexity index is 1060. The Morgan fingerprint density at radius 2 is 1.88 bits per heavy atom. The second-order valence-electron chi connectivity index (χ2n) is 5.72. The van der Waals surface area contributed by atoms with Gasteiger partial charge in [-0.1, -0.05) is 29.8 Å². The van der Waals surface area contributed by atoms with Crippen LogP contribution in [0.2, 0.25) is 5.02 Å². The fourth-order valence-electron chi connectivity index (χ4n) is 2.69. The maximum Gasteiger partial charge on any atom is 0.291 e. The molecule has 2 N–H and O–H groups in total. The number of benzene rings is 2. The fourth-order valence-corrected chi connectivity index (χ4v) is 2.90. The summed E-state index contributed by atoms with van der Waals surface area (Å²) < 4.78 is 11.1. The summed E-state index contributed by atoms with van der Waals surface area (Å²) in [7, 11) is 0. The van der Waals surface area contributed by atoms with E-state index in [-0.39, 0.29) is 18.3 Å². The number of carbonyl (C=O) groups excluding carboxylic acids is 1. The number of aliphatic hydroxyl groups is 1. The van der Waals surface area contributed by atoms with E-state index in [1.807, 2.05) is 24.3 Å². The minimum absolute atomic E-state index is 0.194. The van der Waals surface area contributed by atoms with E-state index in [4.69, 9.17) is 25.5 Å². The van der Waals surface area contributed by atoms with E-state index in [2.05, 4.69) is 5.32 Å². The molecule has 2 aromatic heterocycles. The summed E-state index contributed by atoms with van der Waals surface area (Å²) in [4.78, 5) is 12.5. The minimum Gasteiger partial charge on any atom is -0.459 e. The molecule has 0 aliphatic carbocycles. The average molecular weight is 368 g/mol. The molecule has 0 bridgehead atoms. The molecule has 1 amide bonds. The van der Waals surface area contributed by atoms with Gasteiger partial charge >= 0.3 is 0 Å². The van der Waals surface area contributed by atoms with Gasteiger partial charge in [-0.3, -0.25) is 4.79 Å². The zero-order chi connectivity index (χ0) is 18.1. The monoisotopic (exact) mass is 367 g/mol. The highest BCUT2D eigenvalue weighted by atomic mass is 35.5. The molecule has 0 saturated carbocycles. The number of halogens is 1. The predicted octanol–water partition coefficient (Wildman–Crippen LogP) is 5.09. The number of fused-ring (bicyclic) bond motifs is 1. The lowest BCUT2D eigenvalue weighted by Crippen LogP contribution is -2.10. The first-order chi connectivity index (χ1) is 12.6. The topological polar surface area (TPSA) is 75.6 Å². The van der Waals surface area contributed by atoms with E-state index in [1.54, 1.807) is 36.4 Å². The van der Waals surface area contributed by atoms with E-state index in [0.29, 0.717) is 33.4 Å². The first-order valence-electron chi connectivity index (χ1n) is 7.93. The Hall–Kier alpha value is -3.02. The quantitative estimate of drug-likeness (QED) is 0.526. The Labute approximate surface area is 153 Å². The molecule has 4 aromatic rings. The van der Waals surface area contributed by atoms with Gasteiger partial charge in [0.05, 0.1) is 5.02 Å². The number of nitrogens with one attached hydrogen (secondary N) is 1. The summed E-state index contributed by atoms with van der Waals surface area (Å²) in [5.41, 5.74) is 1.83. The number of hydrogen-bond donors (Lipinski definition) is 2. The van der Waals surface area contributed by atoms with Crippen LogP contribution in [0, 0.1) is 0 Å². The van der Waals surface area contributed by atoms with Gasteiger partial charge in [-0.25, -0.2) is 0 Å². The molecule has 130 valence electrons. The van der Waals surface area contributed by atoms with Crippen molar-refractivity contribution in [2.24, 2.45) is 0 Å². The molecule has 0 saturated heterocycles. The summed E-state index contributed by atoms with van der Waals surface area (Å²) in [6.07, 6.45) is 0. The molecule has 2 heterocycles. The number of carbonyl (C=O) groups is 1. The van der Waals surface area contributed by atoms with Gasteiger partial charge in [0.2, 0.25) is 0 Å². The molecular formula is C20H14ClNO4. The van der Waals surface area contributed by atoms with E-state index < -0.39 is 0 Å². The summed E-state index contributed by atoms with van der Waals surface area (Å²) in [6.45, 7) is -0.194. The lowest BCUT2D eigenvalue weighted by atomic mass is 10.1. The van der Waals surface area contributed by atoms with Gasteiger partial charge in [0.1, 0.15) is 23.7 Å². The maximum absolute atomic E-state index is 12.5. The number of anilines is 1. The largest absolute Gasteiger partial charge is 0.459 e. The van der Waals surface area contributed by atoms with Crippen LogP contribution in [0.5, 0.6) is 0 Å². The third-order valence-electron chi connectivity index (χ3n) is 3.96. The van der Waals surface area contributed by atoms with Gasteiger partial charge in [0.15, 0.2) is 5.76 Å². The molecule has 0 atom stereocenters. The number of rotatable bonds is 4. The van der Waals surface area contributed by atoms with Gasteiger partial charge in [0, 0.05) is 16.6 Å². The minimum atomic E-state index is -0.357. The van der Waals surface area contributed by atoms with Crippen LogP contribution in [0.1, 0.15) is 16.3 Å². The van der Waals surface area contributed by atoms with Gasteiger partial charge in [-0.05, 0) is 42.5 Å². The van der Waals surface area contributed by atoms with Crippen molar-refractivity contribution in [3.8, 4) is 11.3 Å². The highest BCUT2D eigenvalue weighted by Crippen LogP contribution is 2.32. The van der Waals surface area contributed by atoms with Gasteiger partial charge < -0.3 is 19.3 Å². The third kappa shape index (κ3) is 3.10. The van der Waals surface area contributed by atoms with E-state index in [0.717, 1.165) is 5.39 Å². The molecule has 4 rings (SSSR count). The lowest BCUT2D eigenvalue weighted by Gasteiger charge is -2.07. The van der Waals surface area contributed by atoms with Crippen molar-refractivity contribution in [3.63, 3.8) is 0 Å². The lowest BCUT2D eigenvalue weighted by molar-refractivity contribution is 0.0998. The normalized spacial score (nSPS) is 11.0. The molecule has 0 aliphatic rings. The Balaban J connectivity index is 1.61. The van der Waals surface area contributed by atoms with Gasteiger partial charge in [0.25, 0.3) is 5.91 Å². The molecule has 0 radical (unpaired) electrons. The number of hydrogen-bond acceptors (Lipinski definition) is 4. The maximum atomic E-state index is 12.5. The molecule has 26 heavy (non-hydrogen) atoms. The Kier molecular flexibility index (Phi) is 4.24. The van der Waals surface area contributed by atoms with Crippen molar-refractivity contribution in [2.75, 3.05) is 5.32 Å². The zero-order valence-electron chi connectivity index (χ0n) is 13.5. The van der Waals surface area contributed by atoms with Crippen molar-refractivity contribution in [1.29, 1.82) is 0 Å². The van der Waals surface area contributed by atoms with Crippen molar-refractivity contribution in [2.45, 2.75) is 6.61 Å². The molecule has 6 heteroatoms. The highest BCUT2D eigenvalue weighted by Gasteiger charge is 2.14. The van der Waals surface area contributed by atoms with Crippen molar-refractivity contribution < 1.29 is 18.7 Å². The molecule has 5 nitrogen and oxygen atoms in total. The summed E-state index contributed by atoms with van der Waals surface area (Å²) in [5, 5.41) is 13.3. The van der Waals surface area contributed by atoms with Gasteiger partial charge in [-0.15, -0.1) is 0 Å². The highest BCUT2D eigenvalue weighted by molar-refractivity contribution is 6.33. The predicted molar refractivity (Wildman–Crippen MR) is 99.2 cm³/mol. The second kappa shape index (κ2) is 6.71. The van der Waals surface area contributed by atoms with E-state index >= 15 is 0 Å². The number of para-hydroxylation sites is 1. The van der Waals surface area contributed by atoms with Crippen molar-refractivity contribution >= 4 is 34.2 Å². The number of furan rings is 2. The van der Waals surface area contributed by atoms with Crippen LogP contribution >= 0.6 is 11.6 Å². The van der Waals surface area contributed by atoms with Crippen LogP contribution in [0.15, 0.2) is 69.5 Å². The van der Waals surface area contributed by atoms with E-state index in [1.165, 1.54) is 0 Å². The third-order valence-corrected chi connectivity index (χ3v) is 4.29. The summed E-state index contributed by atoms with van der Waals surface area (Å²) in [5.74, 6) is 0.819. The molecule has 0 unspecified atom stereocenters. The average Bonchev–Trinajstić information content (AvgIpc) is 3.30. The standard InChI is InChI=1S/C20H14ClNO4/c21-16-7-5-13(10-15(16)18-8-6-14(11-23)25-18)22-20(24)19-9-12-3-1-2-4-17(12)26-19/h1-10,23H,11H2,(H,22,24). The van der Waals surface area contributed by atoms with Crippen LogP contribution in [0.3, 0.4) is 0 Å². The second-order valence-corrected chi connectivity index (χ2v) is 6.13. The first kappa shape index (κ1) is 16.4. The van der Waals surface area contributed by atoms with Crippen LogP contribution in [-0.2, 0) is 6.61 Å². The van der Waals surface area contributed by atoms with E-state index in [9.17, 15) is 4.79 Å². The Morgan fingerprint density at radius 3 is 2.65 bits per heavy atom. The first-order valence-corrected chi connectivity index (χ1v) is 8.31. The fraction of sp³-hybridized carbons (Fsp3) is 0.0500. The van der Waals surface area contributed by atoms with Crippen LogP contribution in [0.25, 0.3) is 22.3 Å². The number of amides is 1. The van der Waals surface area contributed by atoms with Crippen LogP contribution in [0.4, 0.5) is 5.69 Å². The zero-order valence-corrected chi connectivity index (χ0v) is 14.3. The molecular weight excluding hydrogens is 354 g/mol. The Morgan fingerprint density at radius 1 is 1.04 bits per heavy atom. The number of aliphatic hydroxyl groups excluding tert-OH is 1. The summed E-state index contributed by atoms with van der Waals surface area (Å²) in [6, 6.07) is 17.6. The van der Waals surface area contributed by atoms with Gasteiger partial charge in [-0.2, -0.15) is 0 Å². The molecule has 0 aliphatic heterocycles.